The maximum absolute atomic E-state index is 2.43. The van der Waals surface area contributed by atoms with Gasteiger partial charge < -0.3 is 0 Å². The maximum Gasteiger partial charge on any atom is -0.00445 e. The van der Waals surface area contributed by atoms with Gasteiger partial charge in [0.05, 0.1) is 0 Å². The average molecular weight is 230 g/mol. The second-order valence-corrected chi connectivity index (χ2v) is 7.47. The van der Waals surface area contributed by atoms with E-state index >= 15 is 0 Å². The van der Waals surface area contributed by atoms with Gasteiger partial charge in [0.15, 0.2) is 0 Å². The molecule has 0 heteroatoms. The van der Waals surface area contributed by atoms with Crippen molar-refractivity contribution >= 4 is 0 Å². The fraction of sp³-hybridized carbons (Fsp3) is 0.647. The van der Waals surface area contributed by atoms with Gasteiger partial charge in [-0.15, -0.1) is 0 Å². The minimum absolute atomic E-state index is 0.234. The first-order chi connectivity index (χ1) is 7.59. The highest BCUT2D eigenvalue weighted by molar-refractivity contribution is 5.42. The van der Waals surface area contributed by atoms with E-state index in [1.165, 1.54) is 12.0 Å². The fourth-order valence-electron chi connectivity index (χ4n) is 3.36. The number of hydrogen-bond acceptors (Lipinski definition) is 0. The molecule has 17 heavy (non-hydrogen) atoms. The summed E-state index contributed by atoms with van der Waals surface area (Å²) >= 11 is 0. The van der Waals surface area contributed by atoms with Gasteiger partial charge in [0.1, 0.15) is 0 Å². The van der Waals surface area contributed by atoms with Crippen LogP contribution in [0.2, 0.25) is 0 Å². The van der Waals surface area contributed by atoms with Crippen molar-refractivity contribution < 1.29 is 0 Å². The second-order valence-electron chi connectivity index (χ2n) is 7.47. The zero-order chi connectivity index (χ0) is 13.1. The van der Waals surface area contributed by atoms with Crippen molar-refractivity contribution in [1.82, 2.24) is 0 Å². The normalized spacial score (nSPS) is 24.2. The van der Waals surface area contributed by atoms with E-state index in [1.807, 2.05) is 0 Å². The lowest BCUT2D eigenvalue weighted by Crippen LogP contribution is -2.52. The molecule has 0 aliphatic heterocycles. The Kier molecular flexibility index (Phi) is 2.51. The summed E-state index contributed by atoms with van der Waals surface area (Å²) in [5.74, 6) is 0. The van der Waals surface area contributed by atoms with E-state index in [2.05, 4.69) is 66.7 Å². The van der Waals surface area contributed by atoms with Crippen LogP contribution in [0.5, 0.6) is 0 Å². The van der Waals surface area contributed by atoms with Crippen LogP contribution in [0.25, 0.3) is 0 Å². The van der Waals surface area contributed by atoms with Crippen molar-refractivity contribution in [3.8, 4) is 0 Å². The summed E-state index contributed by atoms with van der Waals surface area (Å²) in [6, 6.07) is 6.99. The molecule has 1 aliphatic carbocycles. The molecule has 0 saturated heterocycles. The summed E-state index contributed by atoms with van der Waals surface area (Å²) in [5, 5.41) is 0. The number of benzene rings is 1. The summed E-state index contributed by atoms with van der Waals surface area (Å²) in [5.41, 5.74) is 5.37. The summed E-state index contributed by atoms with van der Waals surface area (Å²) in [6.07, 6.45) is 1.19. The molecule has 0 bridgehead atoms. The van der Waals surface area contributed by atoms with Crippen molar-refractivity contribution in [2.45, 2.75) is 60.3 Å². The highest BCUT2D eigenvalue weighted by atomic mass is 14.6. The fourth-order valence-corrected chi connectivity index (χ4v) is 3.36. The monoisotopic (exact) mass is 230 g/mol. The number of hydrogen-bond donors (Lipinski definition) is 0. The molecule has 2 rings (SSSR count). The van der Waals surface area contributed by atoms with Crippen molar-refractivity contribution in [3.05, 3.63) is 34.9 Å². The topological polar surface area (TPSA) is 0 Å². The van der Waals surface area contributed by atoms with Gasteiger partial charge in [-0.1, -0.05) is 65.3 Å². The molecule has 0 aromatic heterocycles. The molecule has 94 valence electrons. The Balaban J connectivity index is 2.69. The molecule has 0 heterocycles. The Bertz CT molecular complexity index is 447. The molecule has 0 amide bonds. The number of fused-ring (bicyclic) bond motifs is 1. The van der Waals surface area contributed by atoms with Gasteiger partial charge in [0, 0.05) is 0 Å². The molecule has 0 saturated carbocycles. The van der Waals surface area contributed by atoms with Gasteiger partial charge in [-0.2, -0.15) is 0 Å². The predicted octanol–water partition coefficient (Wildman–Crippen LogP) is 4.88. The maximum atomic E-state index is 2.43. The van der Waals surface area contributed by atoms with Gasteiger partial charge in [0.2, 0.25) is 0 Å². The van der Waals surface area contributed by atoms with E-state index < -0.39 is 0 Å². The van der Waals surface area contributed by atoms with E-state index in [9.17, 15) is 0 Å². The second kappa shape index (κ2) is 3.37. The first-order valence-electron chi connectivity index (χ1n) is 6.70. The SMILES string of the molecule is Cc1ccc2c(c1)CC(C)(C)C(C)(C)C2(C)C. The molecule has 1 aromatic carbocycles. The van der Waals surface area contributed by atoms with Crippen LogP contribution in [-0.4, -0.2) is 0 Å². The van der Waals surface area contributed by atoms with Crippen LogP contribution >= 0.6 is 0 Å². The molecule has 0 radical (unpaired) electrons. The Hall–Kier alpha value is -0.780. The molecule has 0 spiro atoms. The minimum atomic E-state index is 0.234. The Morgan fingerprint density at radius 3 is 2.12 bits per heavy atom. The molecule has 1 aliphatic rings. The average Bonchev–Trinajstić information content (AvgIpc) is 2.14. The molecule has 0 nitrogen and oxygen atoms in total. The van der Waals surface area contributed by atoms with Gasteiger partial charge in [-0.05, 0) is 40.7 Å². The van der Waals surface area contributed by atoms with Crippen molar-refractivity contribution in [3.63, 3.8) is 0 Å². The summed E-state index contributed by atoms with van der Waals surface area (Å²) < 4.78 is 0. The van der Waals surface area contributed by atoms with Gasteiger partial charge in [0.25, 0.3) is 0 Å². The van der Waals surface area contributed by atoms with E-state index in [1.54, 1.807) is 11.1 Å². The third-order valence-corrected chi connectivity index (χ3v) is 5.82. The van der Waals surface area contributed by atoms with Gasteiger partial charge in [-0.25, -0.2) is 0 Å². The Morgan fingerprint density at radius 1 is 0.941 bits per heavy atom. The first kappa shape index (κ1) is 12.7. The van der Waals surface area contributed by atoms with Crippen LogP contribution in [-0.2, 0) is 11.8 Å². The molecular weight excluding hydrogens is 204 g/mol. The largest absolute Gasteiger partial charge is 0.0590 e. The lowest BCUT2D eigenvalue weighted by molar-refractivity contribution is 0.0154. The summed E-state index contributed by atoms with van der Waals surface area (Å²) in [6.45, 7) is 16.7. The van der Waals surface area contributed by atoms with Gasteiger partial charge in [-0.3, -0.25) is 0 Å². The lowest BCUT2D eigenvalue weighted by atomic mass is 9.47. The zero-order valence-corrected chi connectivity index (χ0v) is 12.4. The quantitative estimate of drug-likeness (QED) is 0.596. The molecule has 0 N–H and O–H groups in total. The molecular formula is C17H26. The number of aryl methyl sites for hydroxylation is 1. The minimum Gasteiger partial charge on any atom is -0.0590 e. The zero-order valence-electron chi connectivity index (χ0n) is 12.4. The van der Waals surface area contributed by atoms with E-state index in [0.717, 1.165) is 0 Å². The van der Waals surface area contributed by atoms with Crippen molar-refractivity contribution in [1.29, 1.82) is 0 Å². The van der Waals surface area contributed by atoms with E-state index in [4.69, 9.17) is 0 Å². The predicted molar refractivity (Wildman–Crippen MR) is 75.5 cm³/mol. The Labute approximate surface area is 106 Å². The molecule has 1 aromatic rings. The van der Waals surface area contributed by atoms with Crippen LogP contribution in [0, 0.1) is 17.8 Å². The first-order valence-corrected chi connectivity index (χ1v) is 6.70. The standard InChI is InChI=1S/C17H26/c1-12-8-9-14-13(10-12)11-15(2,3)17(6,7)16(14,4)5/h8-10H,11H2,1-7H3. The smallest absolute Gasteiger partial charge is 0.00445 e. The summed E-state index contributed by atoms with van der Waals surface area (Å²) in [4.78, 5) is 0. The lowest BCUT2D eigenvalue weighted by Gasteiger charge is -2.57. The summed E-state index contributed by atoms with van der Waals surface area (Å²) in [7, 11) is 0. The van der Waals surface area contributed by atoms with E-state index in [0.29, 0.717) is 10.8 Å². The molecule has 0 fully saturated rings. The van der Waals surface area contributed by atoms with Crippen LogP contribution in [0.1, 0.15) is 58.2 Å². The highest BCUT2D eigenvalue weighted by Crippen LogP contribution is 2.58. The highest BCUT2D eigenvalue weighted by Gasteiger charge is 2.52. The van der Waals surface area contributed by atoms with E-state index in [-0.39, 0.29) is 5.41 Å². The van der Waals surface area contributed by atoms with Crippen molar-refractivity contribution in [2.24, 2.45) is 10.8 Å². The third-order valence-electron chi connectivity index (χ3n) is 5.82. The van der Waals surface area contributed by atoms with Crippen LogP contribution in [0.15, 0.2) is 18.2 Å². The molecule has 0 unspecified atom stereocenters. The Morgan fingerprint density at radius 2 is 1.53 bits per heavy atom. The number of rotatable bonds is 0. The van der Waals surface area contributed by atoms with Crippen LogP contribution in [0.4, 0.5) is 0 Å². The van der Waals surface area contributed by atoms with Crippen molar-refractivity contribution in [2.75, 3.05) is 0 Å². The third kappa shape index (κ3) is 1.57. The molecule has 0 atom stereocenters. The van der Waals surface area contributed by atoms with Crippen LogP contribution in [0.3, 0.4) is 0 Å². The van der Waals surface area contributed by atoms with Crippen LogP contribution < -0.4 is 0 Å². The van der Waals surface area contributed by atoms with Gasteiger partial charge >= 0.3 is 0 Å².